The number of rotatable bonds is 8. The molecule has 0 unspecified atom stereocenters. The van der Waals surface area contributed by atoms with Gasteiger partial charge in [-0.25, -0.2) is 4.68 Å². The van der Waals surface area contributed by atoms with Crippen molar-refractivity contribution >= 4 is 53.8 Å². The Labute approximate surface area is 272 Å². The zero-order chi connectivity index (χ0) is 34.2. The fourth-order valence-corrected chi connectivity index (χ4v) is 6.23. The van der Waals surface area contributed by atoms with Crippen LogP contribution >= 0.6 is 0 Å². The topological polar surface area (TPSA) is 216 Å². The van der Waals surface area contributed by atoms with E-state index in [1.165, 1.54) is 35.0 Å². The van der Waals surface area contributed by atoms with Crippen LogP contribution in [0.2, 0.25) is 0 Å². The summed E-state index contributed by atoms with van der Waals surface area (Å²) < 4.78 is 70.8. The molecule has 242 valence electrons. The van der Waals surface area contributed by atoms with Crippen LogP contribution in [0, 0.1) is 6.92 Å². The summed E-state index contributed by atoms with van der Waals surface area (Å²) in [5.41, 5.74) is -0.000666. The highest BCUT2D eigenvalue weighted by atomic mass is 32.2. The maximum Gasteiger partial charge on any atom is 0.299 e. The first-order valence-electron chi connectivity index (χ1n) is 14.0. The Balaban J connectivity index is 1.38. The summed E-state index contributed by atoms with van der Waals surface area (Å²) in [5.74, 6) is -0.203. The van der Waals surface area contributed by atoms with Crippen LogP contribution in [0.1, 0.15) is 5.69 Å². The third-order valence-electron chi connectivity index (χ3n) is 7.26. The van der Waals surface area contributed by atoms with E-state index in [-0.39, 0.29) is 39.6 Å². The Morgan fingerprint density at radius 2 is 1.19 bits per heavy atom. The Morgan fingerprint density at radius 1 is 0.646 bits per heavy atom. The van der Waals surface area contributed by atoms with Crippen LogP contribution in [0.3, 0.4) is 0 Å². The van der Waals surface area contributed by atoms with Gasteiger partial charge in [0, 0.05) is 5.39 Å². The molecule has 0 atom stereocenters. The number of aromatic nitrogens is 2. The van der Waals surface area contributed by atoms with Crippen molar-refractivity contribution in [1.29, 1.82) is 0 Å². The average molecular weight is 685 g/mol. The second kappa shape index (κ2) is 12.4. The van der Waals surface area contributed by atoms with E-state index >= 15 is 0 Å². The number of aromatic hydroxyl groups is 1. The minimum absolute atomic E-state index is 0.0785. The highest BCUT2D eigenvalue weighted by Gasteiger charge is 2.21. The minimum atomic E-state index is -4.90. The maximum absolute atomic E-state index is 13.0. The van der Waals surface area contributed by atoms with Gasteiger partial charge in [0.1, 0.15) is 32.6 Å². The van der Waals surface area contributed by atoms with Crippen LogP contribution in [-0.2, 0) is 20.2 Å². The fraction of sp³-hybridized carbons (Fsp3) is 0.0312. The molecule has 0 saturated heterocycles. The molecular weight excluding hydrogens is 661 g/mol. The van der Waals surface area contributed by atoms with Gasteiger partial charge in [-0.05, 0) is 65.9 Å². The third-order valence-corrected chi connectivity index (χ3v) is 9.02. The van der Waals surface area contributed by atoms with Crippen LogP contribution in [0.15, 0.2) is 138 Å². The summed E-state index contributed by atoms with van der Waals surface area (Å²) in [6.45, 7) is 1.59. The summed E-state index contributed by atoms with van der Waals surface area (Å²) >= 11 is 0. The Kier molecular flexibility index (Phi) is 8.32. The summed E-state index contributed by atoms with van der Waals surface area (Å²) in [4.78, 5) is 11.7. The molecule has 0 aliphatic heterocycles. The number of phenolic OH excluding ortho intramolecular Hbond substituents is 1. The molecule has 4 N–H and O–H groups in total. The van der Waals surface area contributed by atoms with E-state index < -0.39 is 35.6 Å². The van der Waals surface area contributed by atoms with Crippen LogP contribution in [-0.4, -0.2) is 40.8 Å². The van der Waals surface area contributed by atoms with Crippen LogP contribution in [0.5, 0.6) is 5.75 Å². The van der Waals surface area contributed by atoms with E-state index in [2.05, 4.69) is 25.6 Å². The van der Waals surface area contributed by atoms with Gasteiger partial charge < -0.3 is 5.11 Å². The van der Waals surface area contributed by atoms with Crippen molar-refractivity contribution in [3.8, 4) is 22.6 Å². The van der Waals surface area contributed by atoms with E-state index in [0.717, 1.165) is 17.5 Å². The number of benzene rings is 5. The molecule has 5 aromatic carbocycles. The largest absolute Gasteiger partial charge is 0.506 e. The van der Waals surface area contributed by atoms with Crippen molar-refractivity contribution in [1.82, 2.24) is 9.78 Å². The van der Waals surface area contributed by atoms with Gasteiger partial charge in [-0.3, -0.25) is 19.0 Å². The molecule has 0 aliphatic carbocycles. The van der Waals surface area contributed by atoms with Crippen LogP contribution in [0.25, 0.3) is 27.6 Å². The molecule has 0 spiro atoms. The summed E-state index contributed by atoms with van der Waals surface area (Å²) in [6, 6.07) is 26.1. The normalized spacial score (nSPS) is 12.4. The van der Waals surface area contributed by atoms with Gasteiger partial charge in [0.15, 0.2) is 5.69 Å². The molecule has 6 aromatic rings. The molecule has 14 nitrogen and oxygen atoms in total. The molecule has 0 fully saturated rings. The monoisotopic (exact) mass is 684 g/mol. The maximum atomic E-state index is 13.0. The molecule has 0 amide bonds. The molecule has 0 bridgehead atoms. The lowest BCUT2D eigenvalue weighted by atomic mass is 10.0. The molecule has 16 heteroatoms. The first-order valence-corrected chi connectivity index (χ1v) is 16.8. The number of hydrogen-bond acceptors (Lipinski definition) is 10. The molecule has 0 saturated carbocycles. The van der Waals surface area contributed by atoms with E-state index in [0.29, 0.717) is 16.8 Å². The first kappa shape index (κ1) is 32.1. The van der Waals surface area contributed by atoms with Crippen LogP contribution in [0.4, 0.5) is 22.7 Å². The van der Waals surface area contributed by atoms with Crippen molar-refractivity contribution in [3.63, 3.8) is 0 Å². The predicted molar refractivity (Wildman–Crippen MR) is 177 cm³/mol. The number of nitrogens with one attached hydrogen (secondary N) is 1. The summed E-state index contributed by atoms with van der Waals surface area (Å²) in [7, 11) is -9.79. The molecule has 0 aliphatic rings. The number of aryl methyl sites for hydroxylation is 1. The van der Waals surface area contributed by atoms with Crippen molar-refractivity contribution in [2.45, 2.75) is 16.7 Å². The number of nitrogens with zero attached hydrogens (tertiary/aromatic N) is 5. The van der Waals surface area contributed by atoms with Gasteiger partial charge in [0.2, 0.25) is 0 Å². The second-order valence-electron chi connectivity index (χ2n) is 10.4. The Morgan fingerprint density at radius 3 is 1.77 bits per heavy atom. The zero-order valence-corrected chi connectivity index (χ0v) is 26.4. The minimum Gasteiger partial charge on any atom is -0.506 e. The number of hydrogen-bond donors (Lipinski definition) is 4. The van der Waals surface area contributed by atoms with Gasteiger partial charge in [-0.15, -0.1) is 20.5 Å². The second-order valence-corrected chi connectivity index (χ2v) is 13.2. The van der Waals surface area contributed by atoms with E-state index in [1.54, 1.807) is 67.6 Å². The Bertz CT molecular complexity index is 2560. The smallest absolute Gasteiger partial charge is 0.299 e. The molecule has 6 rings (SSSR count). The molecule has 1 aromatic heterocycles. The van der Waals surface area contributed by atoms with Crippen molar-refractivity contribution in [2.24, 2.45) is 20.5 Å². The molecule has 48 heavy (non-hydrogen) atoms. The van der Waals surface area contributed by atoms with Gasteiger partial charge in [0.25, 0.3) is 25.8 Å². The SMILES string of the molecule is Cc1[nH]n(-c2ccccc2)c(=O)c1N=Nc1ccc(-c2ccc(N=Nc3c(O)ccc4ccccc34)c(S(=O)(=O)O)c2)cc1S(=O)(=O)O. The standard InChI is InChI=1S/C32H24N6O8S2/c1-19-30(32(40)38(37-19)23-8-3-2-4-9-23)35-33-25-14-11-21(17-28(25)47(41,42)43)22-12-15-26(29(18-22)48(44,45)46)34-36-31-24-10-6-5-7-20(24)13-16-27(31)39/h2-18,37,39H,1H3,(H,41,42,43)(H,44,45,46). The number of phenols is 1. The summed E-state index contributed by atoms with van der Waals surface area (Å²) in [5, 5.41) is 30.5. The lowest BCUT2D eigenvalue weighted by Crippen LogP contribution is -2.13. The van der Waals surface area contributed by atoms with Crippen molar-refractivity contribution < 1.29 is 31.0 Å². The number of fused-ring (bicyclic) bond motifs is 1. The van der Waals surface area contributed by atoms with Crippen molar-refractivity contribution in [3.05, 3.63) is 119 Å². The molecule has 0 radical (unpaired) electrons. The van der Waals surface area contributed by atoms with Gasteiger partial charge in [0.05, 0.1) is 11.4 Å². The van der Waals surface area contributed by atoms with E-state index in [1.807, 2.05) is 0 Å². The highest BCUT2D eigenvalue weighted by molar-refractivity contribution is 7.86. The first-order chi connectivity index (χ1) is 22.8. The van der Waals surface area contributed by atoms with Gasteiger partial charge in [-0.1, -0.05) is 60.7 Å². The number of para-hydroxylation sites is 1. The number of H-pyrrole nitrogens is 1. The number of aromatic amines is 1. The lowest BCUT2D eigenvalue weighted by molar-refractivity contribution is 0.477. The van der Waals surface area contributed by atoms with Gasteiger partial charge >= 0.3 is 0 Å². The van der Waals surface area contributed by atoms with E-state index in [4.69, 9.17) is 0 Å². The fourth-order valence-electron chi connectivity index (χ4n) is 4.94. The predicted octanol–water partition coefficient (Wildman–Crippen LogP) is 7.32. The van der Waals surface area contributed by atoms with Gasteiger partial charge in [-0.2, -0.15) is 16.8 Å². The van der Waals surface area contributed by atoms with Crippen LogP contribution < -0.4 is 5.56 Å². The lowest BCUT2D eigenvalue weighted by Gasteiger charge is -2.09. The number of azo groups is 2. The third kappa shape index (κ3) is 6.40. The quantitative estimate of drug-likeness (QED) is 0.0938. The highest BCUT2D eigenvalue weighted by Crippen LogP contribution is 2.38. The van der Waals surface area contributed by atoms with E-state index in [9.17, 15) is 35.8 Å². The Hall–Kier alpha value is -5.81. The molecular formula is C32H24N6O8S2. The zero-order valence-electron chi connectivity index (χ0n) is 24.8. The van der Waals surface area contributed by atoms with Crippen molar-refractivity contribution in [2.75, 3.05) is 0 Å². The summed E-state index contributed by atoms with van der Waals surface area (Å²) in [6.07, 6.45) is 0. The molecule has 1 heterocycles. The average Bonchev–Trinajstić information content (AvgIpc) is 3.35.